The molecule has 3 rings (SSSR count). The maximum Gasteiger partial charge on any atom is 0.233 e. The molecule has 1 aromatic carbocycles. The summed E-state index contributed by atoms with van der Waals surface area (Å²) in [5.41, 5.74) is 1.67. The number of nitrogens with one attached hydrogen (secondary N) is 1. The van der Waals surface area contributed by atoms with Crippen LogP contribution in [-0.2, 0) is 14.6 Å². The predicted octanol–water partition coefficient (Wildman–Crippen LogP) is 4.51. The molecule has 2 aromatic rings. The van der Waals surface area contributed by atoms with Crippen molar-refractivity contribution >= 4 is 38.9 Å². The number of carbonyl (C=O) groups is 1. The number of sulfone groups is 1. The topological polar surface area (TPSA) is 79.4 Å². The van der Waals surface area contributed by atoms with E-state index in [9.17, 15) is 13.2 Å². The molecule has 1 amide bonds. The van der Waals surface area contributed by atoms with Gasteiger partial charge < -0.3 is 10.2 Å². The lowest BCUT2D eigenvalue weighted by Gasteiger charge is -2.21. The first kappa shape index (κ1) is 22.6. The number of amides is 1. The van der Waals surface area contributed by atoms with Crippen LogP contribution in [0.1, 0.15) is 43.6 Å². The smallest absolute Gasteiger partial charge is 0.233 e. The van der Waals surface area contributed by atoms with Crippen LogP contribution in [0.2, 0.25) is 5.02 Å². The van der Waals surface area contributed by atoms with Crippen molar-refractivity contribution in [2.45, 2.75) is 42.9 Å². The molecule has 1 fully saturated rings. The van der Waals surface area contributed by atoms with E-state index >= 15 is 0 Å². The summed E-state index contributed by atoms with van der Waals surface area (Å²) in [5.74, 6) is 0.378. The quantitative estimate of drug-likeness (QED) is 0.672. The van der Waals surface area contributed by atoms with Crippen LogP contribution in [0, 0.1) is 5.92 Å². The highest BCUT2D eigenvalue weighted by Gasteiger charge is 2.28. The molecule has 1 atom stereocenters. The van der Waals surface area contributed by atoms with Crippen molar-refractivity contribution in [3.8, 4) is 0 Å². The minimum absolute atomic E-state index is 0.0777. The summed E-state index contributed by atoms with van der Waals surface area (Å²) in [6.07, 6.45) is 8.11. The van der Waals surface area contributed by atoms with Crippen LogP contribution in [0.3, 0.4) is 0 Å². The highest BCUT2D eigenvalue weighted by molar-refractivity contribution is 7.90. The van der Waals surface area contributed by atoms with Crippen molar-refractivity contribution in [2.75, 3.05) is 30.6 Å². The molecule has 0 saturated heterocycles. The number of aromatic nitrogens is 1. The number of halogens is 1. The molecular weight excluding hydrogens is 422 g/mol. The predicted molar refractivity (Wildman–Crippen MR) is 121 cm³/mol. The van der Waals surface area contributed by atoms with Crippen LogP contribution in [0.5, 0.6) is 0 Å². The molecule has 30 heavy (non-hydrogen) atoms. The summed E-state index contributed by atoms with van der Waals surface area (Å²) < 4.78 is 23.8. The SMILES string of the molecule is CN(C)c1ccc(NC(=O)[C@H](CC2CCCC2)c2ccc(S(C)(=O)=O)c(Cl)c2)nc1. The number of pyridine rings is 1. The third kappa shape index (κ3) is 5.52. The van der Waals surface area contributed by atoms with Gasteiger partial charge in [0.1, 0.15) is 5.82 Å². The molecule has 1 aliphatic carbocycles. The van der Waals surface area contributed by atoms with Gasteiger partial charge in [0.15, 0.2) is 9.84 Å². The lowest BCUT2D eigenvalue weighted by atomic mass is 9.87. The van der Waals surface area contributed by atoms with E-state index in [4.69, 9.17) is 11.6 Å². The van der Waals surface area contributed by atoms with Crippen molar-refractivity contribution in [2.24, 2.45) is 5.92 Å². The Morgan fingerprint density at radius 1 is 1.23 bits per heavy atom. The number of hydrogen-bond donors (Lipinski definition) is 1. The zero-order chi connectivity index (χ0) is 21.9. The van der Waals surface area contributed by atoms with Crippen LogP contribution < -0.4 is 10.2 Å². The summed E-state index contributed by atoms with van der Waals surface area (Å²) >= 11 is 6.26. The first-order chi connectivity index (χ1) is 14.1. The third-order valence-corrected chi connectivity index (χ3v) is 7.21. The fraction of sp³-hybridized carbons (Fsp3) is 0.455. The van der Waals surface area contributed by atoms with E-state index in [1.165, 1.54) is 18.9 Å². The molecule has 8 heteroatoms. The first-order valence-corrected chi connectivity index (χ1v) is 12.4. The fourth-order valence-corrected chi connectivity index (χ4v) is 5.28. The van der Waals surface area contributed by atoms with Gasteiger partial charge in [0, 0.05) is 20.4 Å². The zero-order valence-electron chi connectivity index (χ0n) is 17.6. The van der Waals surface area contributed by atoms with Crippen LogP contribution in [-0.4, -0.2) is 39.7 Å². The molecule has 1 aromatic heterocycles. The van der Waals surface area contributed by atoms with Gasteiger partial charge in [0.05, 0.1) is 27.7 Å². The fourth-order valence-electron chi connectivity index (χ4n) is 3.95. The van der Waals surface area contributed by atoms with Gasteiger partial charge in [-0.15, -0.1) is 0 Å². The van der Waals surface area contributed by atoms with Gasteiger partial charge in [0.2, 0.25) is 5.91 Å². The van der Waals surface area contributed by atoms with Crippen LogP contribution in [0.25, 0.3) is 0 Å². The van der Waals surface area contributed by atoms with E-state index in [2.05, 4.69) is 10.3 Å². The monoisotopic (exact) mass is 449 g/mol. The Kier molecular flexibility index (Phi) is 7.03. The lowest BCUT2D eigenvalue weighted by Crippen LogP contribution is -2.24. The summed E-state index contributed by atoms with van der Waals surface area (Å²) in [7, 11) is 0.430. The largest absolute Gasteiger partial charge is 0.376 e. The number of carbonyl (C=O) groups excluding carboxylic acids is 1. The van der Waals surface area contributed by atoms with Gasteiger partial charge in [-0.1, -0.05) is 43.4 Å². The molecule has 162 valence electrons. The Morgan fingerprint density at radius 2 is 1.93 bits per heavy atom. The number of rotatable bonds is 7. The Bertz CT molecular complexity index is 1000. The van der Waals surface area contributed by atoms with E-state index < -0.39 is 15.8 Å². The number of anilines is 2. The first-order valence-electron chi connectivity index (χ1n) is 10.1. The number of benzene rings is 1. The van der Waals surface area contributed by atoms with Gasteiger partial charge in [-0.2, -0.15) is 0 Å². The van der Waals surface area contributed by atoms with Crippen molar-refractivity contribution in [1.29, 1.82) is 0 Å². The molecule has 1 heterocycles. The lowest BCUT2D eigenvalue weighted by molar-refractivity contribution is -0.118. The Morgan fingerprint density at radius 3 is 2.47 bits per heavy atom. The van der Waals surface area contributed by atoms with E-state index in [1.54, 1.807) is 24.4 Å². The van der Waals surface area contributed by atoms with Crippen molar-refractivity contribution in [3.05, 3.63) is 47.1 Å². The molecule has 0 aliphatic heterocycles. The normalized spacial score (nSPS) is 15.7. The Labute approximate surface area is 183 Å². The third-order valence-electron chi connectivity index (χ3n) is 5.63. The van der Waals surface area contributed by atoms with Gasteiger partial charge >= 0.3 is 0 Å². The van der Waals surface area contributed by atoms with Gasteiger partial charge in [-0.25, -0.2) is 13.4 Å². The molecule has 0 unspecified atom stereocenters. The number of hydrogen-bond acceptors (Lipinski definition) is 5. The second-order valence-corrected chi connectivity index (χ2v) is 10.6. The maximum atomic E-state index is 13.2. The second-order valence-electron chi connectivity index (χ2n) is 8.19. The van der Waals surface area contributed by atoms with Crippen molar-refractivity contribution < 1.29 is 13.2 Å². The molecule has 0 radical (unpaired) electrons. The Hall–Kier alpha value is -2.12. The van der Waals surface area contributed by atoms with Crippen LogP contribution in [0.15, 0.2) is 41.4 Å². The zero-order valence-corrected chi connectivity index (χ0v) is 19.1. The molecule has 1 N–H and O–H groups in total. The maximum absolute atomic E-state index is 13.2. The van der Waals surface area contributed by atoms with Crippen LogP contribution in [0.4, 0.5) is 11.5 Å². The standard InChI is InChI=1S/C22H28ClN3O3S/c1-26(2)17-9-11-21(24-14-17)25-22(27)18(12-15-6-4-5-7-15)16-8-10-20(19(23)13-16)30(3,28)29/h8-11,13-15,18H,4-7,12H2,1-3H3,(H,24,25,27)/t18-/m1/s1. The van der Waals surface area contributed by atoms with E-state index in [0.29, 0.717) is 18.2 Å². The Balaban J connectivity index is 1.86. The molecule has 6 nitrogen and oxygen atoms in total. The average Bonchev–Trinajstić information content (AvgIpc) is 3.18. The van der Waals surface area contributed by atoms with E-state index in [-0.39, 0.29) is 15.8 Å². The van der Waals surface area contributed by atoms with Gasteiger partial charge in [-0.3, -0.25) is 4.79 Å². The van der Waals surface area contributed by atoms with Gasteiger partial charge in [0.25, 0.3) is 0 Å². The highest BCUT2D eigenvalue weighted by Crippen LogP contribution is 2.36. The average molecular weight is 450 g/mol. The van der Waals surface area contributed by atoms with E-state index in [1.807, 2.05) is 25.1 Å². The molecular formula is C22H28ClN3O3S. The molecule has 0 spiro atoms. The van der Waals surface area contributed by atoms with E-state index in [0.717, 1.165) is 30.3 Å². The van der Waals surface area contributed by atoms with Crippen molar-refractivity contribution in [1.82, 2.24) is 4.98 Å². The summed E-state index contributed by atoms with van der Waals surface area (Å²) in [6.45, 7) is 0. The molecule has 1 aliphatic rings. The number of nitrogens with zero attached hydrogens (tertiary/aromatic N) is 2. The van der Waals surface area contributed by atoms with Gasteiger partial charge in [-0.05, 0) is 42.2 Å². The molecule has 1 saturated carbocycles. The minimum atomic E-state index is -3.42. The molecule has 0 bridgehead atoms. The minimum Gasteiger partial charge on any atom is -0.376 e. The van der Waals surface area contributed by atoms with Crippen molar-refractivity contribution in [3.63, 3.8) is 0 Å². The summed E-state index contributed by atoms with van der Waals surface area (Å²) in [6, 6.07) is 8.47. The van der Waals surface area contributed by atoms with Crippen LogP contribution >= 0.6 is 11.6 Å². The highest BCUT2D eigenvalue weighted by atomic mass is 35.5. The summed E-state index contributed by atoms with van der Waals surface area (Å²) in [4.78, 5) is 19.5. The second kappa shape index (κ2) is 9.35. The summed E-state index contributed by atoms with van der Waals surface area (Å²) in [5, 5.41) is 3.06.